The first-order valence-electron chi connectivity index (χ1n) is 17.2. The van der Waals surface area contributed by atoms with Crippen molar-refractivity contribution < 1.29 is 59.1 Å². The number of amides is 3. The van der Waals surface area contributed by atoms with Gasteiger partial charge in [0.2, 0.25) is 5.91 Å². The number of nitro groups is 1. The van der Waals surface area contributed by atoms with Gasteiger partial charge in [-0.15, -0.1) is 0 Å². The smallest absolute Gasteiger partial charge is 0.269 e. The van der Waals surface area contributed by atoms with Crippen molar-refractivity contribution in [2.45, 2.75) is 99.8 Å². The molecule has 7 N–H and O–H groups in total. The molecule has 18 heteroatoms. The molecule has 10 atom stereocenters. The fourth-order valence-corrected chi connectivity index (χ4v) is 11.0. The number of rotatable bonds is 9. The zero-order valence-corrected chi connectivity index (χ0v) is 29.9. The summed E-state index contributed by atoms with van der Waals surface area (Å²) in [4.78, 5) is 67.3. The molecule has 17 nitrogen and oxygen atoms in total. The Morgan fingerprint density at radius 2 is 1.83 bits per heavy atom. The van der Waals surface area contributed by atoms with Gasteiger partial charge in [-0.05, 0) is 49.7 Å². The standard InChI is InChI=1S/C34H44N4O13Si/c1-17-30(52(2,3)49)24(14-25(40)36-11-5-8-21(36)16-39)51-34(17)22-13-20(38(47)48)9-10-23(22)37(33(34)46)15-18-6-4-7-19(12-18)35-31(44)29-27(42)26(41)28(43)32(45)50-29/h4,6-7,9-10,12-13,17,21,24,26-30,32,39,41-43,45,49H,5,8,11,14-16H2,1-3H3,(H,35,44)/t17-,21+,24+,26+,27+,28-,29+,30-,32-,34+/m1/s1. The van der Waals surface area contributed by atoms with Crippen LogP contribution in [0.25, 0.3) is 0 Å². The van der Waals surface area contributed by atoms with Crippen LogP contribution in [0.4, 0.5) is 17.1 Å². The van der Waals surface area contributed by atoms with Crippen LogP contribution in [0.15, 0.2) is 42.5 Å². The minimum atomic E-state index is -3.18. The van der Waals surface area contributed by atoms with Crippen LogP contribution in [0.3, 0.4) is 0 Å². The quantitative estimate of drug-likeness (QED) is 0.102. The average molecular weight is 745 g/mol. The molecule has 6 rings (SSSR count). The number of nitrogens with zero attached hydrogens (tertiary/aromatic N) is 3. The van der Waals surface area contributed by atoms with Gasteiger partial charge in [-0.25, -0.2) is 0 Å². The van der Waals surface area contributed by atoms with Crippen molar-refractivity contribution in [2.75, 3.05) is 23.4 Å². The Labute approximate surface area is 299 Å². The van der Waals surface area contributed by atoms with Crippen LogP contribution in [-0.4, -0.2) is 122 Å². The maximum atomic E-state index is 14.8. The van der Waals surface area contributed by atoms with Gasteiger partial charge in [0, 0.05) is 41.4 Å². The SMILES string of the molecule is C[C@@H]1[C@@H]([Si](C)(C)O)[C@H](CC(=O)N2CCC[C@H]2CO)O[C@@]12C(=O)N(Cc1cccc(NC(=O)[C@H]3O[C@@H](O)[C@H](O)[C@@H](O)[C@@H]3O)c1)c1ccc([N+](=O)[O-])cc12. The summed E-state index contributed by atoms with van der Waals surface area (Å²) in [5.74, 6) is -2.45. The molecule has 0 bridgehead atoms. The molecule has 2 aromatic rings. The molecule has 3 fully saturated rings. The molecule has 4 aliphatic heterocycles. The lowest BCUT2D eigenvalue weighted by Crippen LogP contribution is -2.60. The van der Waals surface area contributed by atoms with Crippen LogP contribution in [-0.2, 0) is 36.0 Å². The Bertz CT molecular complexity index is 1740. The Kier molecular flexibility index (Phi) is 10.3. The van der Waals surface area contributed by atoms with E-state index in [1.165, 1.54) is 29.2 Å². The first-order valence-corrected chi connectivity index (χ1v) is 20.2. The number of ether oxygens (including phenoxy) is 2. The van der Waals surface area contributed by atoms with Gasteiger partial charge in [0.05, 0.1) is 42.3 Å². The van der Waals surface area contributed by atoms with Gasteiger partial charge in [-0.2, -0.15) is 0 Å². The maximum Gasteiger partial charge on any atom is 0.269 e. The third-order valence-electron chi connectivity index (χ3n) is 10.8. The van der Waals surface area contributed by atoms with E-state index in [4.69, 9.17) is 9.47 Å². The van der Waals surface area contributed by atoms with E-state index < -0.39 is 78.9 Å². The summed E-state index contributed by atoms with van der Waals surface area (Å²) < 4.78 is 11.7. The number of anilines is 2. The third-order valence-corrected chi connectivity index (χ3v) is 13.3. The molecule has 2 aromatic carbocycles. The normalized spacial score (nSPS) is 33.1. The molecule has 0 radical (unpaired) electrons. The molecule has 3 saturated heterocycles. The Morgan fingerprint density at radius 1 is 1.10 bits per heavy atom. The molecule has 0 aromatic heterocycles. The number of nitro benzene ring substituents is 1. The lowest BCUT2D eigenvalue weighted by Gasteiger charge is -2.37. The van der Waals surface area contributed by atoms with Crippen molar-refractivity contribution in [3.63, 3.8) is 0 Å². The summed E-state index contributed by atoms with van der Waals surface area (Å²) in [6.45, 7) is 5.34. The van der Waals surface area contributed by atoms with Gasteiger partial charge >= 0.3 is 0 Å². The Balaban J connectivity index is 1.31. The van der Waals surface area contributed by atoms with Crippen LogP contribution in [0, 0.1) is 16.0 Å². The predicted molar refractivity (Wildman–Crippen MR) is 184 cm³/mol. The van der Waals surface area contributed by atoms with Crippen molar-refractivity contribution in [2.24, 2.45) is 5.92 Å². The number of carbonyl (C=O) groups is 3. The van der Waals surface area contributed by atoms with Gasteiger partial charge in [0.25, 0.3) is 17.5 Å². The highest BCUT2D eigenvalue weighted by Crippen LogP contribution is 2.60. The van der Waals surface area contributed by atoms with Crippen LogP contribution in [0.2, 0.25) is 18.6 Å². The summed E-state index contributed by atoms with van der Waals surface area (Å²) in [5, 5.41) is 64.2. The third kappa shape index (κ3) is 6.52. The average Bonchev–Trinajstić information content (AvgIpc) is 3.75. The van der Waals surface area contributed by atoms with Gasteiger partial charge in [-0.1, -0.05) is 19.1 Å². The number of carbonyl (C=O) groups excluding carboxylic acids is 3. The zero-order chi connectivity index (χ0) is 37.9. The number of aliphatic hydroxyl groups excluding tert-OH is 5. The molecule has 3 amide bonds. The topological polar surface area (TPSA) is 253 Å². The Hall–Kier alpha value is -3.85. The molecular formula is C34H44N4O13Si. The van der Waals surface area contributed by atoms with E-state index >= 15 is 0 Å². The highest BCUT2D eigenvalue weighted by Gasteiger charge is 2.67. The van der Waals surface area contributed by atoms with E-state index in [1.807, 2.05) is 0 Å². The predicted octanol–water partition coefficient (Wildman–Crippen LogP) is 0.0512. The van der Waals surface area contributed by atoms with Crippen molar-refractivity contribution in [1.29, 1.82) is 0 Å². The molecule has 0 aliphatic carbocycles. The van der Waals surface area contributed by atoms with E-state index in [1.54, 1.807) is 43.1 Å². The van der Waals surface area contributed by atoms with Crippen molar-refractivity contribution >= 4 is 43.1 Å². The first-order chi connectivity index (χ1) is 24.5. The highest BCUT2D eigenvalue weighted by molar-refractivity contribution is 6.71. The number of fused-ring (bicyclic) bond motifs is 2. The number of hydrogen-bond acceptors (Lipinski definition) is 13. The number of aliphatic hydroxyl groups is 5. The maximum absolute atomic E-state index is 14.8. The summed E-state index contributed by atoms with van der Waals surface area (Å²) in [7, 11) is -3.18. The molecule has 4 aliphatic rings. The summed E-state index contributed by atoms with van der Waals surface area (Å²) >= 11 is 0. The van der Waals surface area contributed by atoms with Crippen molar-refractivity contribution in [1.82, 2.24) is 4.90 Å². The van der Waals surface area contributed by atoms with Crippen molar-refractivity contribution in [3.8, 4) is 0 Å². The first kappa shape index (κ1) is 37.9. The van der Waals surface area contributed by atoms with E-state index in [0.717, 1.165) is 6.42 Å². The summed E-state index contributed by atoms with van der Waals surface area (Å²) in [6.07, 6.45) is -8.81. The molecule has 0 unspecified atom stereocenters. The minimum absolute atomic E-state index is 0.0858. The number of hydrogen-bond donors (Lipinski definition) is 7. The number of likely N-dealkylation sites (tertiary alicyclic amines) is 1. The lowest BCUT2D eigenvalue weighted by atomic mass is 9.82. The van der Waals surface area contributed by atoms with Crippen LogP contribution >= 0.6 is 0 Å². The van der Waals surface area contributed by atoms with Gasteiger partial charge in [0.1, 0.15) is 18.3 Å². The molecular weight excluding hydrogens is 700 g/mol. The molecule has 1 spiro atoms. The second kappa shape index (κ2) is 14.2. The van der Waals surface area contributed by atoms with Gasteiger partial charge < -0.3 is 54.9 Å². The number of benzene rings is 2. The van der Waals surface area contributed by atoms with E-state index in [2.05, 4.69) is 5.32 Å². The van der Waals surface area contributed by atoms with Gasteiger partial charge in [0.15, 0.2) is 26.3 Å². The number of nitrogens with one attached hydrogen (secondary N) is 1. The van der Waals surface area contributed by atoms with Gasteiger partial charge in [-0.3, -0.25) is 24.5 Å². The van der Waals surface area contributed by atoms with E-state index in [-0.39, 0.29) is 48.5 Å². The largest absolute Gasteiger partial charge is 0.432 e. The summed E-state index contributed by atoms with van der Waals surface area (Å²) in [5.41, 5.74) is -1.40. The minimum Gasteiger partial charge on any atom is -0.432 e. The van der Waals surface area contributed by atoms with Crippen molar-refractivity contribution in [3.05, 3.63) is 63.7 Å². The molecule has 52 heavy (non-hydrogen) atoms. The molecule has 4 heterocycles. The van der Waals surface area contributed by atoms with Crippen LogP contribution in [0.5, 0.6) is 0 Å². The second-order valence-electron chi connectivity index (χ2n) is 14.6. The molecule has 0 saturated carbocycles. The van der Waals surface area contributed by atoms with Crippen LogP contribution < -0.4 is 10.2 Å². The zero-order valence-electron chi connectivity index (χ0n) is 28.9. The summed E-state index contributed by atoms with van der Waals surface area (Å²) in [6, 6.07) is 10.0. The lowest BCUT2D eigenvalue weighted by molar-refractivity contribution is -0.385. The van der Waals surface area contributed by atoms with E-state index in [9.17, 15) is 54.8 Å². The molecule has 282 valence electrons. The van der Waals surface area contributed by atoms with E-state index in [0.29, 0.717) is 24.2 Å². The monoisotopic (exact) mass is 744 g/mol. The second-order valence-corrected chi connectivity index (χ2v) is 18.6. The number of non-ortho nitro benzene ring substituents is 1. The fraction of sp³-hybridized carbons (Fsp3) is 0.559. The fourth-order valence-electron chi connectivity index (χ4n) is 8.40. The highest BCUT2D eigenvalue weighted by atomic mass is 28.4. The van der Waals surface area contributed by atoms with Crippen LogP contribution in [0.1, 0.15) is 37.3 Å². The Morgan fingerprint density at radius 3 is 2.50 bits per heavy atom.